The second-order valence-corrected chi connectivity index (χ2v) is 9.48. The molecule has 0 heterocycles. The zero-order valence-corrected chi connectivity index (χ0v) is 22.7. The molecule has 0 saturated carbocycles. The van der Waals surface area contributed by atoms with E-state index in [4.69, 9.17) is 9.47 Å². The fraction of sp³-hybridized carbons (Fsp3) is 0.219. The summed E-state index contributed by atoms with van der Waals surface area (Å²) in [7, 11) is 0. The van der Waals surface area contributed by atoms with E-state index in [1.165, 1.54) is 24.4 Å². The molecule has 4 aromatic rings. The minimum absolute atomic E-state index is 0.129. The van der Waals surface area contributed by atoms with Crippen LogP contribution in [-0.2, 0) is 11.4 Å². The molecule has 7 nitrogen and oxygen atoms in total. The molecule has 2 amide bonds. The highest BCUT2D eigenvalue weighted by atomic mass is 19.1. The van der Waals surface area contributed by atoms with Crippen LogP contribution in [0, 0.1) is 11.7 Å². The molecule has 0 fully saturated rings. The number of hydrogen-bond acceptors (Lipinski definition) is 5. The number of ether oxygens (including phenoxy) is 2. The summed E-state index contributed by atoms with van der Waals surface area (Å²) in [4.78, 5) is 25.3. The van der Waals surface area contributed by atoms with Crippen LogP contribution in [0.3, 0.4) is 0 Å². The van der Waals surface area contributed by atoms with Crippen molar-refractivity contribution in [1.29, 1.82) is 0 Å². The molecule has 0 aliphatic rings. The fourth-order valence-corrected chi connectivity index (χ4v) is 4.21. The average molecular weight is 542 g/mol. The van der Waals surface area contributed by atoms with Crippen LogP contribution in [0.15, 0.2) is 90.0 Å². The molecule has 0 saturated heterocycles. The van der Waals surface area contributed by atoms with Crippen molar-refractivity contribution >= 4 is 28.8 Å². The van der Waals surface area contributed by atoms with Crippen molar-refractivity contribution in [2.24, 2.45) is 11.0 Å². The van der Waals surface area contributed by atoms with E-state index in [1.54, 1.807) is 38.1 Å². The SMILES string of the molecule is CCOc1cc(C=NNC(=O)C(NC(=O)c2ccccc2F)C(C)C)ccc1OCc1cccc2ccccc12. The van der Waals surface area contributed by atoms with Crippen molar-refractivity contribution in [3.63, 3.8) is 0 Å². The second-order valence-electron chi connectivity index (χ2n) is 9.48. The Labute approximate surface area is 233 Å². The fourth-order valence-electron chi connectivity index (χ4n) is 4.21. The van der Waals surface area contributed by atoms with Gasteiger partial charge in [0.1, 0.15) is 18.5 Å². The van der Waals surface area contributed by atoms with Gasteiger partial charge in [-0.3, -0.25) is 9.59 Å². The molecule has 0 aliphatic carbocycles. The smallest absolute Gasteiger partial charge is 0.262 e. The maximum absolute atomic E-state index is 14.0. The van der Waals surface area contributed by atoms with E-state index in [-0.39, 0.29) is 11.5 Å². The van der Waals surface area contributed by atoms with E-state index in [9.17, 15) is 14.0 Å². The summed E-state index contributed by atoms with van der Waals surface area (Å²) in [6, 6.07) is 24.3. The first-order valence-electron chi connectivity index (χ1n) is 13.1. The lowest BCUT2D eigenvalue weighted by Crippen LogP contribution is -2.48. The van der Waals surface area contributed by atoms with E-state index in [0.717, 1.165) is 16.3 Å². The molecule has 0 spiro atoms. The number of carbonyl (C=O) groups excluding carboxylic acids is 2. The van der Waals surface area contributed by atoms with Gasteiger partial charge in [-0.05, 0) is 65.1 Å². The molecule has 1 atom stereocenters. The summed E-state index contributed by atoms with van der Waals surface area (Å²) in [6.45, 7) is 6.26. The number of hydrogen-bond donors (Lipinski definition) is 2. The Hall–Kier alpha value is -4.72. The molecule has 8 heteroatoms. The number of carbonyl (C=O) groups is 2. The first-order chi connectivity index (χ1) is 19.4. The number of benzene rings is 4. The maximum Gasteiger partial charge on any atom is 0.262 e. The van der Waals surface area contributed by atoms with Crippen molar-refractivity contribution in [2.45, 2.75) is 33.4 Å². The summed E-state index contributed by atoms with van der Waals surface area (Å²) >= 11 is 0. The highest BCUT2D eigenvalue weighted by Gasteiger charge is 2.25. The average Bonchev–Trinajstić information content (AvgIpc) is 2.95. The van der Waals surface area contributed by atoms with Crippen LogP contribution in [-0.4, -0.2) is 30.7 Å². The molecule has 0 radical (unpaired) electrons. The van der Waals surface area contributed by atoms with Crippen LogP contribution in [0.4, 0.5) is 4.39 Å². The third-order valence-electron chi connectivity index (χ3n) is 6.27. The van der Waals surface area contributed by atoms with Crippen LogP contribution >= 0.6 is 0 Å². The molecule has 206 valence electrons. The van der Waals surface area contributed by atoms with Gasteiger partial charge in [-0.25, -0.2) is 9.82 Å². The van der Waals surface area contributed by atoms with Crippen LogP contribution in [0.25, 0.3) is 10.8 Å². The summed E-state index contributed by atoms with van der Waals surface area (Å²) in [5.74, 6) is -0.960. The number of halogens is 1. The Morgan fingerprint density at radius 2 is 1.68 bits per heavy atom. The zero-order chi connectivity index (χ0) is 28.5. The van der Waals surface area contributed by atoms with Gasteiger partial charge in [0.15, 0.2) is 11.5 Å². The van der Waals surface area contributed by atoms with Crippen LogP contribution in [0.1, 0.15) is 42.3 Å². The minimum atomic E-state index is -0.909. The molecule has 4 rings (SSSR count). The van der Waals surface area contributed by atoms with E-state index in [0.29, 0.717) is 30.3 Å². The number of nitrogens with zero attached hydrogens (tertiary/aromatic N) is 1. The van der Waals surface area contributed by atoms with Gasteiger partial charge in [0.25, 0.3) is 11.8 Å². The first-order valence-corrected chi connectivity index (χ1v) is 13.1. The Morgan fingerprint density at radius 3 is 2.45 bits per heavy atom. The van der Waals surface area contributed by atoms with Gasteiger partial charge in [-0.2, -0.15) is 5.10 Å². The zero-order valence-electron chi connectivity index (χ0n) is 22.7. The Balaban J connectivity index is 1.41. The minimum Gasteiger partial charge on any atom is -0.490 e. The number of nitrogens with one attached hydrogen (secondary N) is 2. The van der Waals surface area contributed by atoms with E-state index >= 15 is 0 Å². The van der Waals surface area contributed by atoms with Crippen molar-refractivity contribution in [1.82, 2.24) is 10.7 Å². The monoisotopic (exact) mass is 541 g/mol. The number of rotatable bonds is 11. The Bertz CT molecular complexity index is 1510. The normalized spacial score (nSPS) is 11.9. The number of hydrazone groups is 1. The van der Waals surface area contributed by atoms with Crippen molar-refractivity contribution in [3.8, 4) is 11.5 Å². The standard InChI is InChI=1S/C32H32FN3O4/c1-4-39-29-18-22(16-17-28(29)40-20-24-12-9-11-23-10-5-6-13-25(23)24)19-34-36-32(38)30(21(2)3)35-31(37)26-14-7-8-15-27(26)33/h5-19,21,30H,4,20H2,1-3H3,(H,35,37)(H,36,38). The summed E-state index contributed by atoms with van der Waals surface area (Å²) in [6.07, 6.45) is 1.48. The molecule has 0 aliphatic heterocycles. The largest absolute Gasteiger partial charge is 0.490 e. The van der Waals surface area contributed by atoms with Crippen molar-refractivity contribution in [2.75, 3.05) is 6.61 Å². The highest BCUT2D eigenvalue weighted by molar-refractivity contribution is 5.98. The highest BCUT2D eigenvalue weighted by Crippen LogP contribution is 2.30. The topological polar surface area (TPSA) is 89.0 Å². The van der Waals surface area contributed by atoms with Crippen LogP contribution < -0.4 is 20.2 Å². The van der Waals surface area contributed by atoms with Gasteiger partial charge in [-0.1, -0.05) is 68.4 Å². The lowest BCUT2D eigenvalue weighted by molar-refractivity contribution is -0.123. The molecule has 4 aromatic carbocycles. The summed E-state index contributed by atoms with van der Waals surface area (Å²) in [5.41, 5.74) is 4.08. The van der Waals surface area contributed by atoms with Gasteiger partial charge in [0, 0.05) is 0 Å². The van der Waals surface area contributed by atoms with Gasteiger partial charge >= 0.3 is 0 Å². The molecular weight excluding hydrogens is 509 g/mol. The molecule has 0 bridgehead atoms. The lowest BCUT2D eigenvalue weighted by atomic mass is 10.0. The molecule has 2 N–H and O–H groups in total. The third kappa shape index (κ3) is 7.02. The molecular formula is C32H32FN3O4. The van der Waals surface area contributed by atoms with Crippen molar-refractivity contribution < 1.29 is 23.5 Å². The van der Waals surface area contributed by atoms with Crippen LogP contribution in [0.5, 0.6) is 11.5 Å². The van der Waals surface area contributed by atoms with Gasteiger partial charge in [0.05, 0.1) is 18.4 Å². The van der Waals surface area contributed by atoms with E-state index in [2.05, 4.69) is 34.0 Å². The van der Waals surface area contributed by atoms with Gasteiger partial charge < -0.3 is 14.8 Å². The van der Waals surface area contributed by atoms with E-state index in [1.807, 2.05) is 31.2 Å². The predicted molar refractivity (Wildman–Crippen MR) is 154 cm³/mol. The van der Waals surface area contributed by atoms with E-state index < -0.39 is 23.7 Å². The number of amides is 2. The van der Waals surface area contributed by atoms with Gasteiger partial charge in [0.2, 0.25) is 0 Å². The molecule has 1 unspecified atom stereocenters. The number of fused-ring (bicyclic) bond motifs is 1. The Morgan fingerprint density at radius 1 is 0.925 bits per heavy atom. The Kier molecular flexibility index (Phi) is 9.46. The van der Waals surface area contributed by atoms with Crippen molar-refractivity contribution in [3.05, 3.63) is 107 Å². The molecule has 0 aromatic heterocycles. The summed E-state index contributed by atoms with van der Waals surface area (Å²) < 4.78 is 25.9. The third-order valence-corrected chi connectivity index (χ3v) is 6.27. The molecule has 40 heavy (non-hydrogen) atoms. The second kappa shape index (κ2) is 13.4. The summed E-state index contributed by atoms with van der Waals surface area (Å²) in [5, 5.41) is 8.93. The van der Waals surface area contributed by atoms with Gasteiger partial charge in [-0.15, -0.1) is 0 Å². The van der Waals surface area contributed by atoms with Crippen LogP contribution in [0.2, 0.25) is 0 Å². The lowest BCUT2D eigenvalue weighted by Gasteiger charge is -2.20. The first kappa shape index (κ1) is 28.3. The maximum atomic E-state index is 14.0. The predicted octanol–water partition coefficient (Wildman–Crippen LogP) is 5.86. The quantitative estimate of drug-likeness (QED) is 0.184.